The molecule has 0 fully saturated rings. The third kappa shape index (κ3) is 2.40. The zero-order valence-corrected chi connectivity index (χ0v) is 13.4. The molecule has 5 nitrogen and oxygen atoms in total. The van der Waals surface area contributed by atoms with Crippen LogP contribution in [0.4, 0.5) is 0 Å². The highest BCUT2D eigenvalue weighted by molar-refractivity contribution is 6.35. The molecule has 0 saturated heterocycles. The van der Waals surface area contributed by atoms with Gasteiger partial charge in [0.2, 0.25) is 5.76 Å². The van der Waals surface area contributed by atoms with Gasteiger partial charge in [0.05, 0.1) is 11.3 Å². The Hall–Kier alpha value is -3.36. The van der Waals surface area contributed by atoms with Gasteiger partial charge in [-0.05, 0) is 36.4 Å². The lowest BCUT2D eigenvalue weighted by atomic mass is 9.99. The number of aromatic hydroxyl groups is 2. The molecule has 0 amide bonds. The van der Waals surface area contributed by atoms with E-state index in [-0.39, 0.29) is 22.3 Å². The van der Waals surface area contributed by atoms with Gasteiger partial charge in [-0.3, -0.25) is 0 Å². The Morgan fingerprint density at radius 1 is 1.00 bits per heavy atom. The van der Waals surface area contributed by atoms with Gasteiger partial charge in [-0.15, -0.1) is 0 Å². The molecule has 0 bridgehead atoms. The summed E-state index contributed by atoms with van der Waals surface area (Å²) in [6, 6.07) is 13.0. The number of nitriles is 1. The lowest BCUT2D eigenvalue weighted by Gasteiger charge is -2.02. The lowest BCUT2D eigenvalue weighted by molar-refractivity contribution is 0.475. The van der Waals surface area contributed by atoms with E-state index in [0.717, 1.165) is 0 Å². The van der Waals surface area contributed by atoms with Crippen molar-refractivity contribution in [3.05, 3.63) is 59.5 Å². The standard InChI is InChI=1S/C19H10ClNO4/c20-15-8-12(23)7-14-17(13-5-6-24-16(13)9-21)18(25-19(14)15)10-1-3-11(22)4-2-10/h1-8,22-23H. The largest absolute Gasteiger partial charge is 0.508 e. The Bertz CT molecular complexity index is 1130. The number of benzene rings is 2. The summed E-state index contributed by atoms with van der Waals surface area (Å²) in [7, 11) is 0. The van der Waals surface area contributed by atoms with E-state index in [2.05, 4.69) is 0 Å². The molecule has 0 aliphatic heterocycles. The van der Waals surface area contributed by atoms with Crippen molar-refractivity contribution in [2.45, 2.75) is 0 Å². The number of hydrogen-bond donors (Lipinski definition) is 2. The second-order valence-electron chi connectivity index (χ2n) is 5.43. The van der Waals surface area contributed by atoms with E-state index in [1.54, 1.807) is 18.2 Å². The molecular formula is C19H10ClNO4. The van der Waals surface area contributed by atoms with Crippen molar-refractivity contribution < 1.29 is 19.0 Å². The molecule has 2 heterocycles. The fourth-order valence-electron chi connectivity index (χ4n) is 2.82. The molecule has 6 heteroatoms. The summed E-state index contributed by atoms with van der Waals surface area (Å²) in [6.07, 6.45) is 1.41. The fraction of sp³-hybridized carbons (Fsp3) is 0. The summed E-state index contributed by atoms with van der Waals surface area (Å²) in [5, 5.41) is 29.6. The Morgan fingerprint density at radius 2 is 1.76 bits per heavy atom. The minimum Gasteiger partial charge on any atom is -0.508 e. The highest BCUT2D eigenvalue weighted by Crippen LogP contribution is 2.45. The van der Waals surface area contributed by atoms with Crippen LogP contribution in [0.3, 0.4) is 0 Å². The van der Waals surface area contributed by atoms with Crippen LogP contribution in [-0.4, -0.2) is 10.2 Å². The van der Waals surface area contributed by atoms with Gasteiger partial charge in [0.15, 0.2) is 5.58 Å². The Balaban J connectivity index is 2.12. The highest BCUT2D eigenvalue weighted by Gasteiger charge is 2.23. The summed E-state index contributed by atoms with van der Waals surface area (Å²) in [4.78, 5) is 0. The van der Waals surface area contributed by atoms with Crippen LogP contribution in [0, 0.1) is 11.3 Å². The predicted molar refractivity (Wildman–Crippen MR) is 92.4 cm³/mol. The maximum Gasteiger partial charge on any atom is 0.211 e. The van der Waals surface area contributed by atoms with Crippen LogP contribution >= 0.6 is 11.6 Å². The van der Waals surface area contributed by atoms with E-state index in [9.17, 15) is 15.5 Å². The summed E-state index contributed by atoms with van der Waals surface area (Å²) in [6.45, 7) is 0. The molecular weight excluding hydrogens is 342 g/mol. The van der Waals surface area contributed by atoms with E-state index in [1.165, 1.54) is 30.5 Å². The normalized spacial score (nSPS) is 10.9. The van der Waals surface area contributed by atoms with Crippen LogP contribution in [0.2, 0.25) is 5.02 Å². The van der Waals surface area contributed by atoms with Crippen molar-refractivity contribution in [2.75, 3.05) is 0 Å². The van der Waals surface area contributed by atoms with Crippen LogP contribution in [0.15, 0.2) is 57.6 Å². The van der Waals surface area contributed by atoms with E-state index in [4.69, 9.17) is 20.4 Å². The zero-order valence-electron chi connectivity index (χ0n) is 12.7. The minimum absolute atomic E-state index is 0.0150. The molecule has 0 unspecified atom stereocenters. The molecule has 122 valence electrons. The first kappa shape index (κ1) is 15.2. The summed E-state index contributed by atoms with van der Waals surface area (Å²) < 4.78 is 11.2. The monoisotopic (exact) mass is 351 g/mol. The highest BCUT2D eigenvalue weighted by atomic mass is 35.5. The molecule has 0 aliphatic carbocycles. The number of nitrogens with zero attached hydrogens (tertiary/aromatic N) is 1. The van der Waals surface area contributed by atoms with Crippen molar-refractivity contribution in [3.8, 4) is 40.0 Å². The van der Waals surface area contributed by atoms with Gasteiger partial charge in [0, 0.05) is 28.1 Å². The third-order valence-electron chi connectivity index (χ3n) is 3.89. The molecule has 0 saturated carbocycles. The number of phenolic OH excluding ortho intramolecular Hbond substituents is 2. The molecule has 0 radical (unpaired) electrons. The molecule has 2 aromatic heterocycles. The van der Waals surface area contributed by atoms with E-state index in [1.807, 2.05) is 6.07 Å². The van der Waals surface area contributed by atoms with Gasteiger partial charge in [-0.1, -0.05) is 11.6 Å². The van der Waals surface area contributed by atoms with Gasteiger partial charge in [-0.2, -0.15) is 5.26 Å². The van der Waals surface area contributed by atoms with Crippen LogP contribution < -0.4 is 0 Å². The van der Waals surface area contributed by atoms with Crippen LogP contribution in [0.25, 0.3) is 33.4 Å². The fourth-order valence-corrected chi connectivity index (χ4v) is 3.07. The van der Waals surface area contributed by atoms with Gasteiger partial charge in [0.25, 0.3) is 0 Å². The van der Waals surface area contributed by atoms with Gasteiger partial charge < -0.3 is 19.0 Å². The van der Waals surface area contributed by atoms with Gasteiger partial charge in [0.1, 0.15) is 23.3 Å². The summed E-state index contributed by atoms with van der Waals surface area (Å²) in [5.41, 5.74) is 2.20. The average molecular weight is 352 g/mol. The van der Waals surface area contributed by atoms with E-state index < -0.39 is 0 Å². The number of furan rings is 2. The second kappa shape index (κ2) is 5.62. The Labute approximate surface area is 146 Å². The summed E-state index contributed by atoms with van der Waals surface area (Å²) >= 11 is 6.21. The van der Waals surface area contributed by atoms with Crippen LogP contribution in [-0.2, 0) is 0 Å². The maximum atomic E-state index is 9.93. The molecule has 4 rings (SSSR count). The van der Waals surface area contributed by atoms with E-state index >= 15 is 0 Å². The SMILES string of the molecule is N#Cc1occc1-c1c(-c2ccc(O)cc2)oc2c(Cl)cc(O)cc12. The molecule has 4 aromatic rings. The number of phenols is 2. The molecule has 0 atom stereocenters. The van der Waals surface area contributed by atoms with Crippen molar-refractivity contribution in [2.24, 2.45) is 0 Å². The van der Waals surface area contributed by atoms with Crippen molar-refractivity contribution in [1.29, 1.82) is 5.26 Å². The second-order valence-corrected chi connectivity index (χ2v) is 5.84. The smallest absolute Gasteiger partial charge is 0.211 e. The molecule has 2 aromatic carbocycles. The van der Waals surface area contributed by atoms with E-state index in [0.29, 0.717) is 33.4 Å². The molecule has 2 N–H and O–H groups in total. The van der Waals surface area contributed by atoms with Gasteiger partial charge in [-0.25, -0.2) is 0 Å². The number of hydrogen-bond acceptors (Lipinski definition) is 5. The summed E-state index contributed by atoms with van der Waals surface area (Å²) in [5.74, 6) is 0.694. The maximum absolute atomic E-state index is 9.93. The molecule has 0 aliphatic rings. The van der Waals surface area contributed by atoms with Crippen LogP contribution in [0.1, 0.15) is 5.76 Å². The van der Waals surface area contributed by atoms with Crippen molar-refractivity contribution in [3.63, 3.8) is 0 Å². The van der Waals surface area contributed by atoms with Crippen molar-refractivity contribution in [1.82, 2.24) is 0 Å². The molecule has 25 heavy (non-hydrogen) atoms. The number of halogens is 1. The number of fused-ring (bicyclic) bond motifs is 1. The topological polar surface area (TPSA) is 90.5 Å². The van der Waals surface area contributed by atoms with Gasteiger partial charge >= 0.3 is 0 Å². The first-order valence-corrected chi connectivity index (χ1v) is 7.68. The quantitative estimate of drug-likeness (QED) is 0.511. The predicted octanol–water partition coefficient (Wildman–Crippen LogP) is 5.30. The Morgan fingerprint density at radius 3 is 2.48 bits per heavy atom. The first-order chi connectivity index (χ1) is 12.1. The minimum atomic E-state index is -0.0150. The zero-order chi connectivity index (χ0) is 17.6. The van der Waals surface area contributed by atoms with Crippen molar-refractivity contribution >= 4 is 22.6 Å². The third-order valence-corrected chi connectivity index (χ3v) is 4.18. The Kier molecular flexibility index (Phi) is 3.41. The average Bonchev–Trinajstić information content (AvgIpc) is 3.19. The number of rotatable bonds is 2. The molecule has 0 spiro atoms. The first-order valence-electron chi connectivity index (χ1n) is 7.31. The van der Waals surface area contributed by atoms with Crippen LogP contribution in [0.5, 0.6) is 11.5 Å². The lowest BCUT2D eigenvalue weighted by Crippen LogP contribution is -1.82.